The summed E-state index contributed by atoms with van der Waals surface area (Å²) in [5.41, 5.74) is 2.57. The Labute approximate surface area is 158 Å². The van der Waals surface area contributed by atoms with Crippen LogP contribution in [0.2, 0.25) is 5.02 Å². The third-order valence-electron chi connectivity index (χ3n) is 4.61. The van der Waals surface area contributed by atoms with Gasteiger partial charge in [0.15, 0.2) is 0 Å². The van der Waals surface area contributed by atoms with Crippen molar-refractivity contribution in [2.45, 2.75) is 6.92 Å². The van der Waals surface area contributed by atoms with Gasteiger partial charge < -0.3 is 15.1 Å². The summed E-state index contributed by atoms with van der Waals surface area (Å²) in [6.07, 6.45) is 0. The van der Waals surface area contributed by atoms with E-state index in [1.54, 1.807) is 36.4 Å². The largest absolute Gasteiger partial charge is 0.336 e. The zero-order chi connectivity index (χ0) is 18.7. The van der Waals surface area contributed by atoms with Crippen LogP contribution in [0.15, 0.2) is 42.5 Å². The molecule has 3 rings (SSSR count). The van der Waals surface area contributed by atoms with E-state index in [0.29, 0.717) is 34.9 Å². The molecular formula is C20H22ClN3O2. The van der Waals surface area contributed by atoms with Crippen molar-refractivity contribution in [3.8, 4) is 0 Å². The lowest BCUT2D eigenvalue weighted by Gasteiger charge is -2.32. The monoisotopic (exact) mass is 371 g/mol. The van der Waals surface area contributed by atoms with Gasteiger partial charge in [-0.3, -0.25) is 9.59 Å². The maximum absolute atomic E-state index is 12.7. The maximum atomic E-state index is 12.7. The maximum Gasteiger partial charge on any atom is 0.255 e. The second-order valence-electron chi connectivity index (χ2n) is 6.59. The fourth-order valence-electron chi connectivity index (χ4n) is 2.91. The fourth-order valence-corrected chi connectivity index (χ4v) is 3.08. The Morgan fingerprint density at radius 1 is 1.00 bits per heavy atom. The molecule has 0 bridgehead atoms. The number of nitrogens with one attached hydrogen (secondary N) is 1. The minimum atomic E-state index is -0.261. The zero-order valence-corrected chi connectivity index (χ0v) is 15.7. The molecule has 1 fully saturated rings. The number of benzene rings is 2. The Kier molecular flexibility index (Phi) is 5.59. The van der Waals surface area contributed by atoms with Crippen LogP contribution in [-0.2, 0) is 0 Å². The second-order valence-corrected chi connectivity index (χ2v) is 7.03. The first-order valence-electron chi connectivity index (χ1n) is 8.59. The van der Waals surface area contributed by atoms with Gasteiger partial charge in [0.25, 0.3) is 11.8 Å². The topological polar surface area (TPSA) is 52.7 Å². The summed E-state index contributed by atoms with van der Waals surface area (Å²) in [6.45, 7) is 5.03. The Hall–Kier alpha value is -2.37. The number of aryl methyl sites for hydroxylation is 1. The highest BCUT2D eigenvalue weighted by Crippen LogP contribution is 2.21. The molecule has 1 N–H and O–H groups in total. The van der Waals surface area contributed by atoms with E-state index in [1.165, 1.54) is 0 Å². The molecule has 0 radical (unpaired) electrons. The molecule has 0 unspecified atom stereocenters. The van der Waals surface area contributed by atoms with Crippen LogP contribution in [-0.4, -0.2) is 54.8 Å². The molecule has 2 aromatic carbocycles. The summed E-state index contributed by atoms with van der Waals surface area (Å²) in [4.78, 5) is 29.3. The quantitative estimate of drug-likeness (QED) is 0.900. The normalized spacial score (nSPS) is 15.0. The van der Waals surface area contributed by atoms with Crippen molar-refractivity contribution in [1.82, 2.24) is 9.80 Å². The Balaban J connectivity index is 1.75. The molecule has 1 aliphatic rings. The van der Waals surface area contributed by atoms with Crippen LogP contribution in [0.25, 0.3) is 0 Å². The molecule has 0 saturated carbocycles. The zero-order valence-electron chi connectivity index (χ0n) is 15.0. The number of nitrogens with zero attached hydrogens (tertiary/aromatic N) is 2. The van der Waals surface area contributed by atoms with Crippen molar-refractivity contribution < 1.29 is 9.59 Å². The first-order chi connectivity index (χ1) is 12.4. The number of carbonyl (C=O) groups excluding carboxylic acids is 2. The van der Waals surface area contributed by atoms with Gasteiger partial charge in [0.05, 0.1) is 0 Å². The molecule has 2 amide bonds. The summed E-state index contributed by atoms with van der Waals surface area (Å²) in [6, 6.07) is 12.2. The van der Waals surface area contributed by atoms with Crippen LogP contribution in [0.1, 0.15) is 26.3 Å². The molecule has 136 valence electrons. The van der Waals surface area contributed by atoms with Crippen LogP contribution in [0.4, 0.5) is 5.69 Å². The van der Waals surface area contributed by atoms with Crippen LogP contribution >= 0.6 is 11.6 Å². The number of piperazine rings is 1. The van der Waals surface area contributed by atoms with Gasteiger partial charge in [0.2, 0.25) is 0 Å². The van der Waals surface area contributed by atoms with Crippen molar-refractivity contribution in [3.05, 3.63) is 64.2 Å². The Bertz CT molecular complexity index is 830. The molecule has 0 atom stereocenters. The van der Waals surface area contributed by atoms with Crippen LogP contribution in [0.5, 0.6) is 0 Å². The van der Waals surface area contributed by atoms with Gasteiger partial charge in [0, 0.05) is 48.0 Å². The van der Waals surface area contributed by atoms with Crippen molar-refractivity contribution >= 4 is 29.1 Å². The molecule has 5 nitrogen and oxygen atoms in total. The van der Waals surface area contributed by atoms with Gasteiger partial charge in [-0.1, -0.05) is 23.7 Å². The molecule has 0 aromatic heterocycles. The molecule has 1 saturated heterocycles. The highest BCUT2D eigenvalue weighted by atomic mass is 35.5. The Morgan fingerprint density at radius 2 is 1.69 bits per heavy atom. The molecule has 6 heteroatoms. The lowest BCUT2D eigenvalue weighted by Crippen LogP contribution is -2.47. The first-order valence-corrected chi connectivity index (χ1v) is 8.97. The fraction of sp³-hybridized carbons (Fsp3) is 0.300. The third kappa shape index (κ3) is 4.23. The van der Waals surface area contributed by atoms with E-state index in [9.17, 15) is 9.59 Å². The number of hydrogen-bond acceptors (Lipinski definition) is 3. The number of likely N-dealkylation sites (N-methyl/N-ethyl adjacent to an activating group) is 1. The van der Waals surface area contributed by atoms with E-state index >= 15 is 0 Å². The molecular weight excluding hydrogens is 350 g/mol. The van der Waals surface area contributed by atoms with Crippen molar-refractivity contribution in [3.63, 3.8) is 0 Å². The highest BCUT2D eigenvalue weighted by molar-refractivity contribution is 6.31. The summed E-state index contributed by atoms with van der Waals surface area (Å²) < 4.78 is 0. The van der Waals surface area contributed by atoms with Crippen LogP contribution in [0, 0.1) is 6.92 Å². The second kappa shape index (κ2) is 7.89. The number of hydrogen-bond donors (Lipinski definition) is 1. The van der Waals surface area contributed by atoms with Gasteiger partial charge >= 0.3 is 0 Å². The number of anilines is 1. The molecule has 1 aliphatic heterocycles. The van der Waals surface area contributed by atoms with E-state index in [0.717, 1.165) is 18.7 Å². The number of carbonyl (C=O) groups is 2. The average Bonchev–Trinajstić information content (AvgIpc) is 2.65. The molecule has 26 heavy (non-hydrogen) atoms. The summed E-state index contributed by atoms with van der Waals surface area (Å²) in [5.74, 6) is -0.296. The standard InChI is InChI=1S/C20H22ClN3O2/c1-14-6-7-17(21)13-18(14)22-19(25)15-4-3-5-16(12-15)20(26)24-10-8-23(2)9-11-24/h3-7,12-13H,8-11H2,1-2H3,(H,22,25). The van der Waals surface area contributed by atoms with Gasteiger partial charge in [-0.25, -0.2) is 0 Å². The number of amides is 2. The van der Waals surface area contributed by atoms with E-state index in [4.69, 9.17) is 11.6 Å². The van der Waals surface area contributed by atoms with E-state index in [-0.39, 0.29) is 11.8 Å². The van der Waals surface area contributed by atoms with Gasteiger partial charge in [-0.05, 0) is 49.9 Å². The van der Waals surface area contributed by atoms with Gasteiger partial charge in [0.1, 0.15) is 0 Å². The number of rotatable bonds is 3. The van der Waals surface area contributed by atoms with Gasteiger partial charge in [-0.15, -0.1) is 0 Å². The molecule has 0 spiro atoms. The average molecular weight is 372 g/mol. The predicted molar refractivity (Wildman–Crippen MR) is 104 cm³/mol. The summed E-state index contributed by atoms with van der Waals surface area (Å²) in [7, 11) is 2.05. The van der Waals surface area contributed by atoms with Crippen molar-refractivity contribution in [1.29, 1.82) is 0 Å². The predicted octanol–water partition coefficient (Wildman–Crippen LogP) is 3.29. The third-order valence-corrected chi connectivity index (χ3v) is 4.85. The van der Waals surface area contributed by atoms with Gasteiger partial charge in [-0.2, -0.15) is 0 Å². The first kappa shape index (κ1) is 18.4. The minimum Gasteiger partial charge on any atom is -0.336 e. The SMILES string of the molecule is Cc1ccc(Cl)cc1NC(=O)c1cccc(C(=O)N2CCN(C)CC2)c1. The Morgan fingerprint density at radius 3 is 2.42 bits per heavy atom. The lowest BCUT2D eigenvalue weighted by molar-refractivity contribution is 0.0664. The molecule has 0 aliphatic carbocycles. The molecule has 2 aromatic rings. The lowest BCUT2D eigenvalue weighted by atomic mass is 10.1. The molecule has 1 heterocycles. The van der Waals surface area contributed by atoms with E-state index in [2.05, 4.69) is 10.2 Å². The highest BCUT2D eigenvalue weighted by Gasteiger charge is 2.21. The van der Waals surface area contributed by atoms with Crippen molar-refractivity contribution in [2.24, 2.45) is 0 Å². The van der Waals surface area contributed by atoms with Crippen molar-refractivity contribution in [2.75, 3.05) is 38.5 Å². The van der Waals surface area contributed by atoms with E-state index in [1.807, 2.05) is 24.9 Å². The van der Waals surface area contributed by atoms with Crippen LogP contribution < -0.4 is 5.32 Å². The minimum absolute atomic E-state index is 0.0355. The summed E-state index contributed by atoms with van der Waals surface area (Å²) >= 11 is 6.00. The number of halogens is 1. The van der Waals surface area contributed by atoms with Crippen LogP contribution in [0.3, 0.4) is 0 Å². The van der Waals surface area contributed by atoms with E-state index < -0.39 is 0 Å². The smallest absolute Gasteiger partial charge is 0.255 e. The summed E-state index contributed by atoms with van der Waals surface area (Å²) in [5, 5.41) is 3.42.